The second kappa shape index (κ2) is 6.94. The number of imidazole rings is 1. The molecule has 0 saturated heterocycles. The molecule has 5 aromatic rings. The van der Waals surface area contributed by atoms with E-state index in [-0.39, 0.29) is 5.91 Å². The van der Waals surface area contributed by atoms with E-state index in [9.17, 15) is 4.79 Å². The molecule has 5 rings (SSSR count). The number of hydrogen-bond acceptors (Lipinski definition) is 5. The van der Waals surface area contributed by atoms with E-state index >= 15 is 0 Å². The molecule has 0 spiro atoms. The zero-order valence-electron chi connectivity index (χ0n) is 14.8. The number of anilines is 1. The smallest absolute Gasteiger partial charge is 0.226 e. The van der Waals surface area contributed by atoms with Crippen molar-refractivity contribution in [2.45, 2.75) is 12.8 Å². The van der Waals surface area contributed by atoms with Gasteiger partial charge in [-0.25, -0.2) is 9.97 Å². The van der Waals surface area contributed by atoms with Crippen molar-refractivity contribution in [3.8, 4) is 11.5 Å². The molecule has 0 aliphatic heterocycles. The number of fused-ring (bicyclic) bond motifs is 2. The summed E-state index contributed by atoms with van der Waals surface area (Å²) in [5, 5.41) is 6.33. The van der Waals surface area contributed by atoms with Crippen molar-refractivity contribution in [1.82, 2.24) is 15.0 Å². The van der Waals surface area contributed by atoms with Crippen molar-refractivity contribution < 1.29 is 9.21 Å². The van der Waals surface area contributed by atoms with Crippen LogP contribution < -0.4 is 5.32 Å². The molecule has 0 radical (unpaired) electrons. The molecule has 2 aromatic carbocycles. The predicted octanol–water partition coefficient (Wildman–Crippen LogP) is 5.00. The first-order valence-electron chi connectivity index (χ1n) is 8.92. The summed E-state index contributed by atoms with van der Waals surface area (Å²) in [7, 11) is 0. The zero-order chi connectivity index (χ0) is 18.9. The highest BCUT2D eigenvalue weighted by Crippen LogP contribution is 2.30. The van der Waals surface area contributed by atoms with Crippen LogP contribution in [0.25, 0.3) is 33.5 Å². The fourth-order valence-corrected chi connectivity index (χ4v) is 3.81. The lowest BCUT2D eigenvalue weighted by atomic mass is 10.2. The fourth-order valence-electron chi connectivity index (χ4n) is 3.09. The van der Waals surface area contributed by atoms with Crippen LogP contribution in [-0.2, 0) is 11.2 Å². The first kappa shape index (κ1) is 16.7. The number of aromatic amines is 1. The van der Waals surface area contributed by atoms with Crippen molar-refractivity contribution in [3.63, 3.8) is 0 Å². The Morgan fingerprint density at radius 2 is 1.96 bits per heavy atom. The molecule has 3 heterocycles. The van der Waals surface area contributed by atoms with Gasteiger partial charge in [0.2, 0.25) is 5.91 Å². The molecule has 28 heavy (non-hydrogen) atoms. The Balaban J connectivity index is 1.24. The van der Waals surface area contributed by atoms with Gasteiger partial charge in [0.25, 0.3) is 0 Å². The average molecular weight is 388 g/mol. The van der Waals surface area contributed by atoms with E-state index in [2.05, 4.69) is 20.3 Å². The van der Waals surface area contributed by atoms with Gasteiger partial charge in [0.1, 0.15) is 17.1 Å². The SMILES string of the molecule is O=C(CCc1nc2ccccc2[nH]1)Nc1nc(-c2cc3ccccc3o2)cs1. The second-order valence-electron chi connectivity index (χ2n) is 6.44. The fraction of sp³-hybridized carbons (Fsp3) is 0.0952. The predicted molar refractivity (Wildman–Crippen MR) is 110 cm³/mol. The van der Waals surface area contributed by atoms with Crippen LogP contribution in [0.2, 0.25) is 0 Å². The summed E-state index contributed by atoms with van der Waals surface area (Å²) in [6.07, 6.45) is 0.877. The maximum absolute atomic E-state index is 12.3. The number of thiazole rings is 1. The van der Waals surface area contributed by atoms with E-state index in [1.807, 2.05) is 60.0 Å². The summed E-state index contributed by atoms with van der Waals surface area (Å²) in [6.45, 7) is 0. The highest BCUT2D eigenvalue weighted by molar-refractivity contribution is 7.14. The molecule has 0 fully saturated rings. The molecule has 0 aliphatic carbocycles. The standard InChI is InChI=1S/C21H16N4O2S/c26-20(10-9-19-22-14-6-2-3-7-15(14)23-19)25-21-24-16(12-28-21)18-11-13-5-1-4-8-17(13)27-18/h1-8,11-12H,9-10H2,(H,22,23)(H,24,25,26). The van der Waals surface area contributed by atoms with Gasteiger partial charge in [-0.2, -0.15) is 0 Å². The first-order valence-corrected chi connectivity index (χ1v) is 9.80. The highest BCUT2D eigenvalue weighted by Gasteiger charge is 2.12. The van der Waals surface area contributed by atoms with Crippen molar-refractivity contribution in [1.29, 1.82) is 0 Å². The number of nitrogens with one attached hydrogen (secondary N) is 2. The van der Waals surface area contributed by atoms with Crippen molar-refractivity contribution in [2.75, 3.05) is 5.32 Å². The van der Waals surface area contributed by atoms with Gasteiger partial charge < -0.3 is 14.7 Å². The van der Waals surface area contributed by atoms with Gasteiger partial charge >= 0.3 is 0 Å². The summed E-state index contributed by atoms with van der Waals surface area (Å²) in [5.74, 6) is 1.41. The van der Waals surface area contributed by atoms with E-state index < -0.39 is 0 Å². The normalized spacial score (nSPS) is 11.3. The number of aromatic nitrogens is 3. The monoisotopic (exact) mass is 388 g/mol. The zero-order valence-corrected chi connectivity index (χ0v) is 15.6. The van der Waals surface area contributed by atoms with Crippen LogP contribution in [-0.4, -0.2) is 20.9 Å². The highest BCUT2D eigenvalue weighted by atomic mass is 32.1. The van der Waals surface area contributed by atoms with Gasteiger partial charge in [0.15, 0.2) is 10.9 Å². The molecular weight excluding hydrogens is 372 g/mol. The number of carbonyl (C=O) groups is 1. The number of nitrogens with zero attached hydrogens (tertiary/aromatic N) is 2. The van der Waals surface area contributed by atoms with Crippen molar-refractivity contribution in [3.05, 3.63) is 65.8 Å². The minimum Gasteiger partial charge on any atom is -0.454 e. The number of amides is 1. The van der Waals surface area contributed by atoms with Gasteiger partial charge in [0.05, 0.1) is 11.0 Å². The van der Waals surface area contributed by atoms with E-state index in [0.717, 1.165) is 27.8 Å². The molecule has 6 nitrogen and oxygen atoms in total. The van der Waals surface area contributed by atoms with E-state index in [1.165, 1.54) is 11.3 Å². The maximum Gasteiger partial charge on any atom is 0.226 e. The Morgan fingerprint density at radius 1 is 1.11 bits per heavy atom. The molecule has 0 saturated carbocycles. The lowest BCUT2D eigenvalue weighted by molar-refractivity contribution is -0.116. The molecule has 0 unspecified atom stereocenters. The molecular formula is C21H16N4O2S. The number of para-hydroxylation sites is 3. The van der Waals surface area contributed by atoms with Crippen LogP contribution in [0, 0.1) is 0 Å². The van der Waals surface area contributed by atoms with E-state index in [1.54, 1.807) is 0 Å². The summed E-state index contributed by atoms with van der Waals surface area (Å²) in [6, 6.07) is 17.6. The van der Waals surface area contributed by atoms with Crippen LogP contribution in [0.15, 0.2) is 64.4 Å². The summed E-state index contributed by atoms with van der Waals surface area (Å²) < 4.78 is 5.83. The second-order valence-corrected chi connectivity index (χ2v) is 7.29. The average Bonchev–Trinajstić information content (AvgIpc) is 3.43. The van der Waals surface area contributed by atoms with Gasteiger partial charge in [-0.3, -0.25) is 4.79 Å². The topological polar surface area (TPSA) is 83.8 Å². The quantitative estimate of drug-likeness (QED) is 0.444. The number of aryl methyl sites for hydroxylation is 1. The van der Waals surface area contributed by atoms with Crippen LogP contribution in [0.3, 0.4) is 0 Å². The Bertz CT molecular complexity index is 1220. The summed E-state index contributed by atoms with van der Waals surface area (Å²) >= 11 is 1.38. The molecule has 138 valence electrons. The Labute approximate surface area is 164 Å². The van der Waals surface area contributed by atoms with Gasteiger partial charge in [0, 0.05) is 23.6 Å². The Hall–Kier alpha value is -3.45. The van der Waals surface area contributed by atoms with Crippen LogP contribution in [0.1, 0.15) is 12.2 Å². The lowest BCUT2D eigenvalue weighted by Gasteiger charge is -2.00. The summed E-state index contributed by atoms with van der Waals surface area (Å²) in [5.41, 5.74) is 3.43. The molecule has 3 aromatic heterocycles. The van der Waals surface area contributed by atoms with Gasteiger partial charge in [-0.1, -0.05) is 30.3 Å². The van der Waals surface area contributed by atoms with Crippen molar-refractivity contribution >= 4 is 44.4 Å². The number of H-pyrrole nitrogens is 1. The lowest BCUT2D eigenvalue weighted by Crippen LogP contribution is -2.12. The Kier molecular flexibility index (Phi) is 4.14. The van der Waals surface area contributed by atoms with Crippen LogP contribution in [0.5, 0.6) is 0 Å². The minimum atomic E-state index is -0.0917. The number of rotatable bonds is 5. The largest absolute Gasteiger partial charge is 0.454 e. The van der Waals surface area contributed by atoms with E-state index in [4.69, 9.17) is 4.42 Å². The molecule has 1 amide bonds. The Morgan fingerprint density at radius 3 is 2.86 bits per heavy atom. The maximum atomic E-state index is 12.3. The number of benzene rings is 2. The van der Waals surface area contributed by atoms with Crippen LogP contribution >= 0.6 is 11.3 Å². The number of furan rings is 1. The minimum absolute atomic E-state index is 0.0917. The first-order chi connectivity index (χ1) is 13.7. The molecule has 0 bridgehead atoms. The number of hydrogen-bond donors (Lipinski definition) is 2. The third-order valence-corrected chi connectivity index (χ3v) is 5.21. The van der Waals surface area contributed by atoms with Gasteiger partial charge in [-0.15, -0.1) is 11.3 Å². The van der Waals surface area contributed by atoms with Crippen molar-refractivity contribution in [2.24, 2.45) is 0 Å². The third kappa shape index (κ3) is 3.27. The van der Waals surface area contributed by atoms with E-state index in [0.29, 0.717) is 29.4 Å². The summed E-state index contributed by atoms with van der Waals surface area (Å²) in [4.78, 5) is 24.5. The molecule has 2 N–H and O–H groups in total. The van der Waals surface area contributed by atoms with Gasteiger partial charge in [-0.05, 0) is 24.3 Å². The van der Waals surface area contributed by atoms with Crippen LogP contribution in [0.4, 0.5) is 5.13 Å². The number of carbonyl (C=O) groups excluding carboxylic acids is 1. The molecule has 0 aliphatic rings. The molecule has 0 atom stereocenters. The third-order valence-electron chi connectivity index (χ3n) is 4.46. The molecule has 7 heteroatoms.